The topological polar surface area (TPSA) is 64.6 Å². The fourth-order valence-electron chi connectivity index (χ4n) is 1.79. The molecule has 0 aliphatic rings. The molecule has 22 heavy (non-hydrogen) atoms. The average molecular weight is 307 g/mol. The zero-order chi connectivity index (χ0) is 16.4. The Balaban J connectivity index is 2.44. The monoisotopic (exact) mass is 307 g/mol. The molecular weight excluding hydrogens is 282 g/mol. The molecule has 0 spiro atoms. The number of carbonyl (C=O) groups excluding carboxylic acids is 2. The third-order valence-electron chi connectivity index (χ3n) is 2.93. The first-order valence-corrected chi connectivity index (χ1v) is 7.66. The van der Waals surface area contributed by atoms with Gasteiger partial charge in [0.1, 0.15) is 12.6 Å². The van der Waals surface area contributed by atoms with Crippen LogP contribution in [0.5, 0.6) is 0 Å². The first-order valence-electron chi connectivity index (χ1n) is 7.66. The number of benzene rings is 1. The molecule has 0 saturated carbocycles. The van der Waals surface area contributed by atoms with Crippen LogP contribution in [0.15, 0.2) is 30.3 Å². The van der Waals surface area contributed by atoms with Gasteiger partial charge in [-0.05, 0) is 17.9 Å². The van der Waals surface area contributed by atoms with Crippen LogP contribution in [-0.4, -0.2) is 24.7 Å². The summed E-state index contributed by atoms with van der Waals surface area (Å²) >= 11 is 0. The summed E-state index contributed by atoms with van der Waals surface area (Å²) in [5, 5.41) is 2.58. The molecule has 1 aromatic rings. The van der Waals surface area contributed by atoms with Crippen molar-refractivity contribution >= 4 is 12.1 Å². The Kier molecular flexibility index (Phi) is 8.04. The molecule has 0 bridgehead atoms. The summed E-state index contributed by atoms with van der Waals surface area (Å²) in [4.78, 5) is 23.8. The predicted octanol–water partition coefficient (Wildman–Crippen LogP) is 3.28. The van der Waals surface area contributed by atoms with Crippen LogP contribution >= 0.6 is 0 Å². The second-order valence-electron chi connectivity index (χ2n) is 5.57. The number of esters is 1. The van der Waals surface area contributed by atoms with Gasteiger partial charge in [-0.25, -0.2) is 9.59 Å². The molecule has 1 N–H and O–H groups in total. The maximum atomic E-state index is 12.0. The van der Waals surface area contributed by atoms with E-state index in [1.165, 1.54) is 0 Å². The fourth-order valence-corrected chi connectivity index (χ4v) is 1.79. The number of alkyl carbamates (subject to hydrolysis) is 1. The van der Waals surface area contributed by atoms with Gasteiger partial charge in [-0.3, -0.25) is 0 Å². The summed E-state index contributed by atoms with van der Waals surface area (Å²) in [7, 11) is 0. The second-order valence-corrected chi connectivity index (χ2v) is 5.57. The van der Waals surface area contributed by atoms with Crippen LogP contribution in [0, 0.1) is 5.92 Å². The van der Waals surface area contributed by atoms with Crippen molar-refractivity contribution in [3.05, 3.63) is 35.9 Å². The lowest BCUT2D eigenvalue weighted by molar-refractivity contribution is -0.147. The Labute approximate surface area is 132 Å². The summed E-state index contributed by atoms with van der Waals surface area (Å²) in [6.45, 7) is 6.39. The lowest BCUT2D eigenvalue weighted by atomic mass is 10.1. The van der Waals surface area contributed by atoms with E-state index in [9.17, 15) is 9.59 Å². The van der Waals surface area contributed by atoms with Crippen molar-refractivity contribution in [1.82, 2.24) is 5.32 Å². The van der Waals surface area contributed by atoms with Gasteiger partial charge < -0.3 is 14.8 Å². The molecule has 0 aliphatic heterocycles. The number of carbonyl (C=O) groups is 2. The smallest absolute Gasteiger partial charge is 0.408 e. The van der Waals surface area contributed by atoms with E-state index in [2.05, 4.69) is 5.32 Å². The Morgan fingerprint density at radius 1 is 1.14 bits per heavy atom. The van der Waals surface area contributed by atoms with Crippen molar-refractivity contribution in [1.29, 1.82) is 0 Å². The Hall–Kier alpha value is -2.04. The highest BCUT2D eigenvalue weighted by Gasteiger charge is 2.22. The van der Waals surface area contributed by atoms with E-state index in [-0.39, 0.29) is 12.5 Å². The van der Waals surface area contributed by atoms with Crippen molar-refractivity contribution < 1.29 is 19.1 Å². The molecule has 0 saturated heterocycles. The van der Waals surface area contributed by atoms with E-state index in [1.807, 2.05) is 51.1 Å². The lowest BCUT2D eigenvalue weighted by Gasteiger charge is -2.17. The molecule has 5 nitrogen and oxygen atoms in total. The molecule has 1 aromatic carbocycles. The van der Waals surface area contributed by atoms with Crippen LogP contribution in [0.25, 0.3) is 0 Å². The Morgan fingerprint density at radius 3 is 2.41 bits per heavy atom. The minimum absolute atomic E-state index is 0.173. The van der Waals surface area contributed by atoms with E-state index in [1.54, 1.807) is 0 Å². The first-order chi connectivity index (χ1) is 10.5. The van der Waals surface area contributed by atoms with Crippen molar-refractivity contribution in [2.45, 2.75) is 46.3 Å². The standard InChI is InChI=1S/C17H25NO4/c1-4-8-15(16(19)21-11-13(2)3)18-17(20)22-12-14-9-6-5-7-10-14/h5-7,9-10,13,15H,4,8,11-12H2,1-3H3,(H,18,20). The molecule has 1 atom stereocenters. The quantitative estimate of drug-likeness (QED) is 0.749. The number of nitrogens with one attached hydrogen (secondary N) is 1. The average Bonchev–Trinajstić information content (AvgIpc) is 2.51. The number of hydrogen-bond donors (Lipinski definition) is 1. The maximum absolute atomic E-state index is 12.0. The summed E-state index contributed by atoms with van der Waals surface area (Å²) in [5.74, 6) is -0.150. The predicted molar refractivity (Wildman–Crippen MR) is 84.3 cm³/mol. The fraction of sp³-hybridized carbons (Fsp3) is 0.529. The van der Waals surface area contributed by atoms with Crippen molar-refractivity contribution in [2.75, 3.05) is 6.61 Å². The first kappa shape index (κ1) is 18.0. The normalized spacial score (nSPS) is 11.8. The van der Waals surface area contributed by atoms with Crippen LogP contribution in [0.3, 0.4) is 0 Å². The molecule has 0 aromatic heterocycles. The third kappa shape index (κ3) is 7.11. The highest BCUT2D eigenvalue weighted by molar-refractivity contribution is 5.81. The molecule has 0 heterocycles. The van der Waals surface area contributed by atoms with Crippen LogP contribution in [0.2, 0.25) is 0 Å². The van der Waals surface area contributed by atoms with E-state index >= 15 is 0 Å². The van der Waals surface area contributed by atoms with Gasteiger partial charge in [0, 0.05) is 0 Å². The zero-order valence-corrected chi connectivity index (χ0v) is 13.5. The van der Waals surface area contributed by atoms with E-state index in [4.69, 9.17) is 9.47 Å². The van der Waals surface area contributed by atoms with Crippen molar-refractivity contribution in [3.63, 3.8) is 0 Å². The van der Waals surface area contributed by atoms with Crippen LogP contribution < -0.4 is 5.32 Å². The van der Waals surface area contributed by atoms with Gasteiger partial charge in [0.25, 0.3) is 0 Å². The van der Waals surface area contributed by atoms with Crippen LogP contribution in [0.1, 0.15) is 39.2 Å². The summed E-state index contributed by atoms with van der Waals surface area (Å²) < 4.78 is 10.3. The van der Waals surface area contributed by atoms with Gasteiger partial charge in [-0.1, -0.05) is 57.5 Å². The molecule has 1 amide bonds. The molecule has 1 rings (SSSR count). The molecular formula is C17H25NO4. The summed E-state index contributed by atoms with van der Waals surface area (Å²) in [6, 6.07) is 8.72. The Morgan fingerprint density at radius 2 is 1.82 bits per heavy atom. The minimum atomic E-state index is -0.660. The molecule has 0 aliphatic carbocycles. The third-order valence-corrected chi connectivity index (χ3v) is 2.93. The number of hydrogen-bond acceptors (Lipinski definition) is 4. The molecule has 1 unspecified atom stereocenters. The van der Waals surface area contributed by atoms with Crippen molar-refractivity contribution in [3.8, 4) is 0 Å². The van der Waals surface area contributed by atoms with Crippen molar-refractivity contribution in [2.24, 2.45) is 5.92 Å². The number of amides is 1. The van der Waals surface area contributed by atoms with Gasteiger partial charge in [0.15, 0.2) is 0 Å². The van der Waals surface area contributed by atoms with Gasteiger partial charge in [0.05, 0.1) is 6.61 Å². The van der Waals surface area contributed by atoms with Gasteiger partial charge in [0.2, 0.25) is 0 Å². The lowest BCUT2D eigenvalue weighted by Crippen LogP contribution is -2.42. The summed E-state index contributed by atoms with van der Waals surface area (Å²) in [6.07, 6.45) is 0.682. The minimum Gasteiger partial charge on any atom is -0.464 e. The SMILES string of the molecule is CCCC(NC(=O)OCc1ccccc1)C(=O)OCC(C)C. The van der Waals surface area contributed by atoms with E-state index in [0.717, 1.165) is 12.0 Å². The summed E-state index contributed by atoms with van der Waals surface area (Å²) in [5.41, 5.74) is 0.895. The highest BCUT2D eigenvalue weighted by Crippen LogP contribution is 2.04. The van der Waals surface area contributed by atoms with Crippen LogP contribution in [-0.2, 0) is 20.9 Å². The molecule has 0 radical (unpaired) electrons. The number of rotatable bonds is 8. The van der Waals surface area contributed by atoms with Gasteiger partial charge >= 0.3 is 12.1 Å². The van der Waals surface area contributed by atoms with Gasteiger partial charge in [-0.15, -0.1) is 0 Å². The molecule has 5 heteroatoms. The highest BCUT2D eigenvalue weighted by atomic mass is 16.6. The van der Waals surface area contributed by atoms with Crippen LogP contribution in [0.4, 0.5) is 4.79 Å². The molecule has 0 fully saturated rings. The maximum Gasteiger partial charge on any atom is 0.408 e. The zero-order valence-electron chi connectivity index (χ0n) is 13.5. The number of ether oxygens (including phenoxy) is 2. The van der Waals surface area contributed by atoms with E-state index < -0.39 is 18.1 Å². The second kappa shape index (κ2) is 9.82. The van der Waals surface area contributed by atoms with Gasteiger partial charge in [-0.2, -0.15) is 0 Å². The largest absolute Gasteiger partial charge is 0.464 e. The molecule has 122 valence electrons. The Bertz CT molecular complexity index is 459. The van der Waals surface area contributed by atoms with E-state index in [0.29, 0.717) is 13.0 Å².